The highest BCUT2D eigenvalue weighted by Gasteiger charge is 2.19. The lowest BCUT2D eigenvalue weighted by molar-refractivity contribution is 0.0854. The molecule has 0 amide bonds. The summed E-state index contributed by atoms with van der Waals surface area (Å²) in [5.74, 6) is -0.479. The van der Waals surface area contributed by atoms with Crippen LogP contribution < -0.4 is 10.3 Å². The molecule has 0 aliphatic carbocycles. The number of hydrogen-bond acceptors (Lipinski definition) is 9. The van der Waals surface area contributed by atoms with Crippen LogP contribution in [0.3, 0.4) is 0 Å². The predicted molar refractivity (Wildman–Crippen MR) is 120 cm³/mol. The van der Waals surface area contributed by atoms with Crippen LogP contribution in [0.25, 0.3) is 0 Å². The Morgan fingerprint density at radius 3 is 2.52 bits per heavy atom. The van der Waals surface area contributed by atoms with E-state index >= 15 is 0 Å². The molecule has 11 nitrogen and oxygen atoms in total. The Kier molecular flexibility index (Phi) is 9.68. The Morgan fingerprint density at radius 1 is 1.21 bits per heavy atom. The third-order valence-corrected chi connectivity index (χ3v) is 6.18. The smallest absolute Gasteiger partial charge is 0.271 e. The van der Waals surface area contributed by atoms with E-state index in [4.69, 9.17) is 9.84 Å². The molecule has 0 aliphatic rings. The van der Waals surface area contributed by atoms with E-state index in [-0.39, 0.29) is 48.1 Å². The molecule has 2 aromatic rings. The molecule has 178 valence electrons. The summed E-state index contributed by atoms with van der Waals surface area (Å²) in [4.78, 5) is 12.6. The number of unbranched alkanes of at least 4 members (excludes halogenated alkanes) is 1. The van der Waals surface area contributed by atoms with Crippen LogP contribution in [-0.2, 0) is 21.3 Å². The summed E-state index contributed by atoms with van der Waals surface area (Å²) in [6.45, 7) is 3.63. The lowest BCUT2D eigenvalue weighted by Crippen LogP contribution is -2.26. The number of aromatic hydroxyl groups is 1. The number of nitriles is 1. The van der Waals surface area contributed by atoms with Gasteiger partial charge in [0, 0.05) is 12.1 Å². The van der Waals surface area contributed by atoms with Gasteiger partial charge in [0.1, 0.15) is 11.6 Å². The van der Waals surface area contributed by atoms with Gasteiger partial charge in [0.2, 0.25) is 15.9 Å². The average Bonchev–Trinajstić information content (AvgIpc) is 2.79. The number of aromatic nitrogens is 1. The number of nitrogens with one attached hydrogen (secondary N) is 1. The molecule has 0 spiro atoms. The molecule has 2 rings (SSSR count). The normalized spacial score (nSPS) is 11.7. The molecule has 1 aromatic carbocycles. The molecule has 0 fully saturated rings. The fourth-order valence-corrected chi connectivity index (χ4v) is 3.93. The number of hydrogen-bond donors (Lipinski definition) is 3. The second-order valence-electron chi connectivity index (χ2n) is 7.02. The zero-order valence-corrected chi connectivity index (χ0v) is 19.3. The van der Waals surface area contributed by atoms with Crippen LogP contribution in [0.5, 0.6) is 5.88 Å². The first-order chi connectivity index (χ1) is 15.8. The summed E-state index contributed by atoms with van der Waals surface area (Å²) in [7, 11) is -3.63. The highest BCUT2D eigenvalue weighted by molar-refractivity contribution is 7.89. The van der Waals surface area contributed by atoms with Crippen molar-refractivity contribution in [1.29, 1.82) is 5.26 Å². The monoisotopic (exact) mass is 477 g/mol. The zero-order valence-electron chi connectivity index (χ0n) is 18.5. The van der Waals surface area contributed by atoms with Crippen molar-refractivity contribution in [2.45, 2.75) is 38.1 Å². The first-order valence-electron chi connectivity index (χ1n) is 10.3. The van der Waals surface area contributed by atoms with E-state index in [0.717, 1.165) is 17.4 Å². The molecule has 33 heavy (non-hydrogen) atoms. The van der Waals surface area contributed by atoms with Gasteiger partial charge in [-0.15, -0.1) is 5.11 Å². The van der Waals surface area contributed by atoms with E-state index in [1.165, 1.54) is 31.2 Å². The van der Waals surface area contributed by atoms with Gasteiger partial charge >= 0.3 is 0 Å². The fraction of sp³-hybridized carbons (Fsp3) is 0.429. The Balaban J connectivity index is 2.31. The molecular formula is C21H27N5O6S. The molecule has 0 unspecified atom stereocenters. The number of azo groups is 1. The fourth-order valence-electron chi connectivity index (χ4n) is 2.85. The van der Waals surface area contributed by atoms with Crippen molar-refractivity contribution in [2.24, 2.45) is 10.2 Å². The minimum atomic E-state index is -3.63. The van der Waals surface area contributed by atoms with Crippen LogP contribution in [0.1, 0.15) is 30.9 Å². The SMILES string of the molecule is CCCCNS(=O)(=O)c1ccc(/N=N/c2c(C)c(C#N)c(=O)n(CCOCCO)c2O)cc1. The molecule has 3 N–H and O–H groups in total. The maximum absolute atomic E-state index is 12.5. The van der Waals surface area contributed by atoms with Crippen LogP contribution >= 0.6 is 0 Å². The third-order valence-electron chi connectivity index (χ3n) is 4.70. The summed E-state index contributed by atoms with van der Waals surface area (Å²) < 4.78 is 33.1. The lowest BCUT2D eigenvalue weighted by Gasteiger charge is -2.13. The Morgan fingerprint density at radius 2 is 1.91 bits per heavy atom. The molecule has 0 bridgehead atoms. The van der Waals surface area contributed by atoms with Gasteiger partial charge in [-0.25, -0.2) is 13.1 Å². The van der Waals surface area contributed by atoms with Crippen molar-refractivity contribution in [3.8, 4) is 11.9 Å². The van der Waals surface area contributed by atoms with Crippen molar-refractivity contribution in [1.82, 2.24) is 9.29 Å². The minimum absolute atomic E-state index is 0.0285. The van der Waals surface area contributed by atoms with Crippen LogP contribution in [-0.4, -0.2) is 49.6 Å². The van der Waals surface area contributed by atoms with Crippen LogP contribution in [0.2, 0.25) is 0 Å². The highest BCUT2D eigenvalue weighted by atomic mass is 32.2. The van der Waals surface area contributed by atoms with Gasteiger partial charge in [-0.1, -0.05) is 13.3 Å². The number of aliphatic hydroxyl groups excluding tert-OH is 1. The first-order valence-corrected chi connectivity index (χ1v) is 11.8. The number of ether oxygens (including phenoxy) is 1. The van der Waals surface area contributed by atoms with Crippen molar-refractivity contribution in [2.75, 3.05) is 26.4 Å². The number of rotatable bonds is 12. The number of sulfonamides is 1. The van der Waals surface area contributed by atoms with Crippen LogP contribution in [0, 0.1) is 18.3 Å². The molecule has 0 radical (unpaired) electrons. The molecule has 0 atom stereocenters. The van der Waals surface area contributed by atoms with Crippen LogP contribution in [0.4, 0.5) is 11.4 Å². The van der Waals surface area contributed by atoms with Crippen molar-refractivity contribution in [3.63, 3.8) is 0 Å². The zero-order chi connectivity index (χ0) is 24.4. The third kappa shape index (κ3) is 6.69. The average molecular weight is 478 g/mol. The number of aliphatic hydroxyl groups is 1. The quantitative estimate of drug-likeness (QED) is 0.311. The van der Waals surface area contributed by atoms with Crippen molar-refractivity contribution < 1.29 is 23.4 Å². The number of nitrogens with zero attached hydrogens (tertiary/aromatic N) is 4. The molecule has 0 aliphatic heterocycles. The molecule has 1 heterocycles. The molecule has 0 saturated carbocycles. The summed E-state index contributed by atoms with van der Waals surface area (Å²) in [5, 5.41) is 36.7. The van der Waals surface area contributed by atoms with Gasteiger partial charge in [-0.3, -0.25) is 9.36 Å². The number of pyridine rings is 1. The van der Waals surface area contributed by atoms with Crippen molar-refractivity contribution >= 4 is 21.4 Å². The summed E-state index contributed by atoms with van der Waals surface area (Å²) in [6.07, 6.45) is 1.60. The highest BCUT2D eigenvalue weighted by Crippen LogP contribution is 2.32. The van der Waals surface area contributed by atoms with E-state index in [1.807, 2.05) is 13.0 Å². The van der Waals surface area contributed by atoms with Gasteiger partial charge < -0.3 is 14.9 Å². The van der Waals surface area contributed by atoms with Crippen LogP contribution in [0.15, 0.2) is 44.2 Å². The van der Waals surface area contributed by atoms with E-state index in [9.17, 15) is 23.6 Å². The molecular weight excluding hydrogens is 450 g/mol. The Labute approximate surface area is 192 Å². The van der Waals surface area contributed by atoms with Gasteiger partial charge in [0.15, 0.2) is 5.69 Å². The number of benzene rings is 1. The van der Waals surface area contributed by atoms with E-state index < -0.39 is 21.5 Å². The second kappa shape index (κ2) is 12.2. The van der Waals surface area contributed by atoms with E-state index in [1.54, 1.807) is 0 Å². The summed E-state index contributed by atoms with van der Waals surface area (Å²) >= 11 is 0. The van der Waals surface area contributed by atoms with E-state index in [2.05, 4.69) is 15.0 Å². The second-order valence-corrected chi connectivity index (χ2v) is 8.79. The minimum Gasteiger partial charge on any atom is -0.493 e. The van der Waals surface area contributed by atoms with Gasteiger partial charge in [0.05, 0.1) is 36.9 Å². The van der Waals surface area contributed by atoms with Gasteiger partial charge in [-0.2, -0.15) is 10.4 Å². The maximum atomic E-state index is 12.5. The Bertz CT molecular complexity index is 1180. The van der Waals surface area contributed by atoms with Gasteiger partial charge in [0.25, 0.3) is 5.56 Å². The topological polar surface area (TPSA) is 166 Å². The lowest BCUT2D eigenvalue weighted by atomic mass is 10.1. The molecule has 0 saturated heterocycles. The Hall–Kier alpha value is -3.11. The van der Waals surface area contributed by atoms with Crippen molar-refractivity contribution in [3.05, 3.63) is 45.7 Å². The summed E-state index contributed by atoms with van der Waals surface area (Å²) in [6, 6.07) is 7.49. The predicted octanol–water partition coefficient (Wildman–Crippen LogP) is 2.24. The largest absolute Gasteiger partial charge is 0.493 e. The summed E-state index contributed by atoms with van der Waals surface area (Å²) in [5.41, 5.74) is -0.474. The van der Waals surface area contributed by atoms with E-state index in [0.29, 0.717) is 12.2 Å². The molecule has 12 heteroatoms. The molecule has 1 aromatic heterocycles. The maximum Gasteiger partial charge on any atom is 0.271 e. The first kappa shape index (κ1) is 26.1. The standard InChI is InChI=1S/C21H27N5O6S/c1-3-4-9-23-33(30,31)17-7-5-16(6-8-17)24-25-19-15(2)18(14-22)20(28)26(21(19)29)10-12-32-13-11-27/h5-8,23,27,29H,3-4,9-13H2,1-2H3/b25-24+. The van der Waals surface area contributed by atoms with Gasteiger partial charge in [-0.05, 0) is 37.6 Å².